The molecule has 27 heavy (non-hydrogen) atoms. The van der Waals surface area contributed by atoms with E-state index in [4.69, 9.17) is 14.2 Å². The van der Waals surface area contributed by atoms with Crippen molar-refractivity contribution in [3.05, 3.63) is 53.6 Å². The fraction of sp³-hybridized carbons (Fsp3) is 0.263. The van der Waals surface area contributed by atoms with Crippen LogP contribution in [0.4, 0.5) is 14.5 Å². The van der Waals surface area contributed by atoms with Crippen LogP contribution in [0, 0.1) is 11.6 Å². The van der Waals surface area contributed by atoms with Crippen LogP contribution in [-0.4, -0.2) is 31.2 Å². The predicted molar refractivity (Wildman–Crippen MR) is 91.7 cm³/mol. The second-order valence-corrected chi connectivity index (χ2v) is 5.91. The van der Waals surface area contributed by atoms with E-state index in [9.17, 15) is 18.4 Å². The summed E-state index contributed by atoms with van der Waals surface area (Å²) in [5, 5.41) is 2.36. The molecular weight excluding hydrogens is 360 g/mol. The number of hydrogen-bond acceptors (Lipinski definition) is 5. The van der Waals surface area contributed by atoms with Crippen molar-refractivity contribution in [2.75, 3.05) is 18.5 Å². The molecule has 1 amide bonds. The number of carbonyl (C=O) groups excluding carboxylic acids is 2. The summed E-state index contributed by atoms with van der Waals surface area (Å²) in [5.41, 5.74) is 0.714. The zero-order valence-electron chi connectivity index (χ0n) is 14.5. The van der Waals surface area contributed by atoms with Gasteiger partial charge in [-0.15, -0.1) is 0 Å². The summed E-state index contributed by atoms with van der Waals surface area (Å²) < 4.78 is 42.0. The van der Waals surface area contributed by atoms with Crippen LogP contribution in [0.25, 0.3) is 0 Å². The van der Waals surface area contributed by atoms with E-state index < -0.39 is 29.6 Å². The van der Waals surface area contributed by atoms with Gasteiger partial charge in [0.25, 0.3) is 5.91 Å². The number of halogens is 2. The number of benzene rings is 2. The number of nitrogens with one attached hydrogen (secondary N) is 1. The molecule has 1 aliphatic rings. The Labute approximate surface area is 154 Å². The van der Waals surface area contributed by atoms with Crippen molar-refractivity contribution in [2.45, 2.75) is 19.4 Å². The minimum Gasteiger partial charge on any atom is -0.486 e. The summed E-state index contributed by atoms with van der Waals surface area (Å²) in [6, 6.07) is 8.04. The summed E-state index contributed by atoms with van der Waals surface area (Å²) in [4.78, 5) is 24.1. The topological polar surface area (TPSA) is 73.9 Å². The molecule has 142 valence electrons. The molecule has 1 heterocycles. The van der Waals surface area contributed by atoms with Gasteiger partial charge < -0.3 is 19.5 Å². The van der Waals surface area contributed by atoms with Crippen molar-refractivity contribution in [1.82, 2.24) is 0 Å². The van der Waals surface area contributed by atoms with Gasteiger partial charge in [-0.2, -0.15) is 0 Å². The molecule has 0 aliphatic carbocycles. The highest BCUT2D eigenvalue weighted by Gasteiger charge is 2.20. The van der Waals surface area contributed by atoms with Crippen LogP contribution >= 0.6 is 0 Å². The monoisotopic (exact) mass is 377 g/mol. The molecule has 1 aliphatic heterocycles. The Morgan fingerprint density at radius 2 is 1.81 bits per heavy atom. The van der Waals surface area contributed by atoms with Crippen molar-refractivity contribution in [3.8, 4) is 11.5 Å². The molecule has 8 heteroatoms. The molecule has 0 fully saturated rings. The molecule has 1 N–H and O–H groups in total. The van der Waals surface area contributed by atoms with Crippen molar-refractivity contribution in [2.24, 2.45) is 0 Å². The normalized spacial score (nSPS) is 13.6. The number of anilines is 1. The van der Waals surface area contributed by atoms with Gasteiger partial charge in [0.1, 0.15) is 13.2 Å². The van der Waals surface area contributed by atoms with Crippen molar-refractivity contribution >= 4 is 17.6 Å². The fourth-order valence-electron chi connectivity index (χ4n) is 2.47. The van der Waals surface area contributed by atoms with Crippen molar-refractivity contribution < 1.29 is 32.6 Å². The second-order valence-electron chi connectivity index (χ2n) is 5.91. The number of carbonyl (C=O) groups is 2. The van der Waals surface area contributed by atoms with Crippen LogP contribution in [0.5, 0.6) is 11.5 Å². The van der Waals surface area contributed by atoms with Gasteiger partial charge in [-0.25, -0.2) is 8.78 Å². The van der Waals surface area contributed by atoms with Crippen LogP contribution in [0.2, 0.25) is 0 Å². The van der Waals surface area contributed by atoms with E-state index in [0.29, 0.717) is 30.3 Å². The Balaban J connectivity index is 1.55. The maximum atomic E-state index is 13.2. The van der Waals surface area contributed by atoms with Crippen molar-refractivity contribution in [1.29, 1.82) is 0 Å². The maximum Gasteiger partial charge on any atom is 0.311 e. The van der Waals surface area contributed by atoms with Crippen LogP contribution in [0.15, 0.2) is 36.4 Å². The zero-order valence-corrected chi connectivity index (χ0v) is 14.5. The summed E-state index contributed by atoms with van der Waals surface area (Å²) in [7, 11) is 0. The third-order valence-electron chi connectivity index (χ3n) is 3.82. The van der Waals surface area contributed by atoms with E-state index in [1.54, 1.807) is 18.2 Å². The molecule has 2 aromatic rings. The van der Waals surface area contributed by atoms with E-state index in [-0.39, 0.29) is 12.1 Å². The first-order valence-electron chi connectivity index (χ1n) is 8.26. The molecule has 3 rings (SSSR count). The molecule has 0 aromatic heterocycles. The molecule has 1 atom stereocenters. The first-order valence-corrected chi connectivity index (χ1v) is 8.26. The Hall–Kier alpha value is -3.16. The van der Waals surface area contributed by atoms with E-state index in [0.717, 1.165) is 12.1 Å². The molecule has 0 saturated heterocycles. The third-order valence-corrected chi connectivity index (χ3v) is 3.82. The minimum atomic E-state index is -1.11. The Morgan fingerprint density at radius 3 is 2.56 bits per heavy atom. The Kier molecular flexibility index (Phi) is 5.54. The first-order chi connectivity index (χ1) is 12.9. The lowest BCUT2D eigenvalue weighted by atomic mass is 10.1. The molecule has 0 bridgehead atoms. The lowest BCUT2D eigenvalue weighted by molar-refractivity contribution is -0.152. The summed E-state index contributed by atoms with van der Waals surface area (Å²) in [6.45, 7) is 2.29. The predicted octanol–water partition coefficient (Wildman–Crippen LogP) is 2.85. The van der Waals surface area contributed by atoms with Gasteiger partial charge in [0.05, 0.1) is 6.42 Å². The summed E-state index contributed by atoms with van der Waals surface area (Å²) in [6.07, 6.45) is -1.16. The van der Waals surface area contributed by atoms with Gasteiger partial charge in [0, 0.05) is 11.8 Å². The SMILES string of the molecule is C[C@H](OC(=O)Cc1ccc2c(c1)OCCO2)C(=O)Nc1ccc(F)c(F)c1. The van der Waals surface area contributed by atoms with Gasteiger partial charge in [-0.3, -0.25) is 9.59 Å². The third kappa shape index (κ3) is 4.72. The smallest absolute Gasteiger partial charge is 0.311 e. The minimum absolute atomic E-state index is 0.0561. The standard InChI is InChI=1S/C19H17F2NO5/c1-11(19(24)22-13-3-4-14(20)15(21)10-13)27-18(23)9-12-2-5-16-17(8-12)26-7-6-25-16/h2-5,8,10-11H,6-7,9H2,1H3,(H,22,24)/t11-/m0/s1. The van der Waals surface area contributed by atoms with Crippen LogP contribution in [0.1, 0.15) is 12.5 Å². The summed E-state index contributed by atoms with van der Waals surface area (Å²) >= 11 is 0. The average molecular weight is 377 g/mol. The van der Waals surface area contributed by atoms with Gasteiger partial charge in [-0.1, -0.05) is 6.07 Å². The maximum absolute atomic E-state index is 13.2. The Bertz CT molecular complexity index is 871. The quantitative estimate of drug-likeness (QED) is 0.811. The number of amides is 1. The van der Waals surface area contributed by atoms with Gasteiger partial charge in [0.2, 0.25) is 0 Å². The lowest BCUT2D eigenvalue weighted by Crippen LogP contribution is -2.30. The van der Waals surface area contributed by atoms with Gasteiger partial charge in [-0.05, 0) is 36.8 Å². The number of hydrogen-bond donors (Lipinski definition) is 1. The van der Waals surface area contributed by atoms with E-state index in [1.165, 1.54) is 13.0 Å². The lowest BCUT2D eigenvalue weighted by Gasteiger charge is -2.19. The summed E-state index contributed by atoms with van der Waals surface area (Å²) in [5.74, 6) is -2.22. The fourth-order valence-corrected chi connectivity index (χ4v) is 2.47. The van der Waals surface area contributed by atoms with Gasteiger partial charge in [0.15, 0.2) is 29.2 Å². The number of fused-ring (bicyclic) bond motifs is 1. The average Bonchev–Trinajstić information content (AvgIpc) is 2.64. The van der Waals surface area contributed by atoms with Crippen LogP contribution in [-0.2, 0) is 20.7 Å². The van der Waals surface area contributed by atoms with Crippen molar-refractivity contribution in [3.63, 3.8) is 0 Å². The second kappa shape index (κ2) is 8.03. The number of rotatable bonds is 5. The highest BCUT2D eigenvalue weighted by atomic mass is 19.2. The number of ether oxygens (including phenoxy) is 3. The van der Waals surface area contributed by atoms with Crippen LogP contribution in [0.3, 0.4) is 0 Å². The number of esters is 1. The van der Waals surface area contributed by atoms with E-state index in [2.05, 4.69) is 5.32 Å². The van der Waals surface area contributed by atoms with E-state index >= 15 is 0 Å². The van der Waals surface area contributed by atoms with Gasteiger partial charge >= 0.3 is 5.97 Å². The zero-order chi connectivity index (χ0) is 19.4. The molecule has 0 saturated carbocycles. The molecule has 0 radical (unpaired) electrons. The highest BCUT2D eigenvalue weighted by molar-refractivity contribution is 5.95. The molecule has 0 unspecified atom stereocenters. The van der Waals surface area contributed by atoms with Crippen LogP contribution < -0.4 is 14.8 Å². The Morgan fingerprint density at radius 1 is 1.07 bits per heavy atom. The van der Waals surface area contributed by atoms with E-state index in [1.807, 2.05) is 0 Å². The highest BCUT2D eigenvalue weighted by Crippen LogP contribution is 2.30. The largest absolute Gasteiger partial charge is 0.486 e. The molecule has 2 aromatic carbocycles. The molecular formula is C19H17F2NO5. The molecule has 0 spiro atoms. The first kappa shape index (κ1) is 18.6. The molecule has 6 nitrogen and oxygen atoms in total.